The number of halogens is 2. The Morgan fingerprint density at radius 3 is 0.937 bits per heavy atom. The van der Waals surface area contributed by atoms with Crippen LogP contribution in [0, 0.1) is 0 Å². The molecule has 0 fully saturated rings. The fraction of sp³-hybridized carbons (Fsp3) is 0.0164. The van der Waals surface area contributed by atoms with Crippen LogP contribution < -0.4 is 0 Å². The Morgan fingerprint density at radius 1 is 0.238 bits per heavy atom. The first-order chi connectivity index (χ1) is 30.2. The Kier molecular flexibility index (Phi) is 11.9. The van der Waals surface area contributed by atoms with E-state index in [1.807, 2.05) is 0 Å². The van der Waals surface area contributed by atoms with Crippen molar-refractivity contribution in [2.24, 2.45) is 0 Å². The quantitative estimate of drug-likeness (QED) is 0.122. The molecular formula is C61H44BrI. The van der Waals surface area contributed by atoms with Crippen molar-refractivity contribution in [3.05, 3.63) is 241 Å². The molecule has 0 aliphatic carbocycles. The SMILES string of the molecule is Brc1c2ccccc2c(-c2ccc(-c3cccc4ccccc34)cc2)c2ccccc12.C.I.c1ccc2c(-c3ccc(-c4c5ccccc5cc5ccccc45)cc3)cccc2c1. The van der Waals surface area contributed by atoms with Crippen LogP contribution in [0.2, 0.25) is 0 Å². The Morgan fingerprint density at radius 2 is 0.524 bits per heavy atom. The molecule has 0 N–H and O–H groups in total. The van der Waals surface area contributed by atoms with E-state index in [4.69, 9.17) is 0 Å². The first-order valence-corrected chi connectivity index (χ1v) is 21.7. The molecule has 0 radical (unpaired) electrons. The van der Waals surface area contributed by atoms with Gasteiger partial charge in [-0.1, -0.05) is 238 Å². The van der Waals surface area contributed by atoms with Crippen molar-refractivity contribution in [2.75, 3.05) is 0 Å². The second-order valence-electron chi connectivity index (χ2n) is 15.7. The summed E-state index contributed by atoms with van der Waals surface area (Å²) in [4.78, 5) is 0. The molecule has 0 bridgehead atoms. The summed E-state index contributed by atoms with van der Waals surface area (Å²) in [7, 11) is 0. The third-order valence-corrected chi connectivity index (χ3v) is 13.0. The monoisotopic (exact) mass is 982 g/mol. The Hall–Kier alpha value is -6.59. The Labute approximate surface area is 394 Å². The molecular weight excluding hydrogens is 939 g/mol. The second-order valence-corrected chi connectivity index (χ2v) is 16.5. The summed E-state index contributed by atoms with van der Waals surface area (Å²) >= 11 is 3.85. The van der Waals surface area contributed by atoms with E-state index < -0.39 is 0 Å². The molecule has 63 heavy (non-hydrogen) atoms. The van der Waals surface area contributed by atoms with E-state index in [2.05, 4.69) is 253 Å². The number of hydrogen-bond acceptors (Lipinski definition) is 0. The van der Waals surface area contributed by atoms with E-state index in [1.165, 1.54) is 109 Å². The zero-order valence-electron chi connectivity index (χ0n) is 33.8. The standard InChI is InChI=1S/C30H19Br.C30H20.CH4.HI/c31-30-27-13-5-3-11-25(27)29(26-12-4-6-14-28(26)30)22-18-16-21(17-19-22)24-15-7-9-20-8-1-2-10-23(20)24;1-4-12-26-21(8-1)11-7-15-27(26)22-16-18-23(19-17-22)30-28-13-5-2-9-24(28)20-25-10-3-6-14-29(25)30;;/h1-19H;1-20H;1H4;1H. The molecule has 0 heterocycles. The van der Waals surface area contributed by atoms with Gasteiger partial charge in [0.1, 0.15) is 0 Å². The molecule has 0 aromatic heterocycles. The van der Waals surface area contributed by atoms with Crippen molar-refractivity contribution in [3.8, 4) is 44.5 Å². The summed E-state index contributed by atoms with van der Waals surface area (Å²) in [5, 5.41) is 15.3. The molecule has 12 rings (SSSR count). The molecule has 0 saturated heterocycles. The fourth-order valence-corrected chi connectivity index (χ4v) is 9.99. The van der Waals surface area contributed by atoms with E-state index in [0.29, 0.717) is 0 Å². The number of rotatable bonds is 4. The summed E-state index contributed by atoms with van der Waals surface area (Å²) in [6.45, 7) is 0. The highest BCUT2D eigenvalue weighted by molar-refractivity contribution is 14.0. The summed E-state index contributed by atoms with van der Waals surface area (Å²) in [6, 6.07) is 85.3. The lowest BCUT2D eigenvalue weighted by molar-refractivity contribution is 1.63. The Balaban J connectivity index is 0.000000155. The number of benzene rings is 12. The summed E-state index contributed by atoms with van der Waals surface area (Å²) < 4.78 is 1.16. The predicted octanol–water partition coefficient (Wildman–Crippen LogP) is 19.0. The van der Waals surface area contributed by atoms with Crippen LogP contribution in [-0.2, 0) is 0 Å². The maximum Gasteiger partial charge on any atom is 0.0332 e. The van der Waals surface area contributed by atoms with E-state index in [0.717, 1.165) is 4.47 Å². The average Bonchev–Trinajstić information content (AvgIpc) is 3.33. The highest BCUT2D eigenvalue weighted by Crippen LogP contribution is 2.43. The van der Waals surface area contributed by atoms with Gasteiger partial charge in [0.2, 0.25) is 0 Å². The molecule has 0 amide bonds. The van der Waals surface area contributed by atoms with Gasteiger partial charge in [-0.2, -0.15) is 0 Å². The Bertz CT molecular complexity index is 3470. The minimum absolute atomic E-state index is 0. The lowest BCUT2D eigenvalue weighted by Gasteiger charge is -2.15. The lowest BCUT2D eigenvalue weighted by Crippen LogP contribution is -1.88. The van der Waals surface area contributed by atoms with Crippen molar-refractivity contribution in [2.45, 2.75) is 7.43 Å². The predicted molar refractivity (Wildman–Crippen MR) is 290 cm³/mol. The molecule has 0 aliphatic rings. The van der Waals surface area contributed by atoms with Crippen molar-refractivity contribution < 1.29 is 0 Å². The maximum atomic E-state index is 3.85. The van der Waals surface area contributed by atoms with Crippen LogP contribution in [0.1, 0.15) is 7.43 Å². The van der Waals surface area contributed by atoms with E-state index in [1.54, 1.807) is 0 Å². The normalized spacial score (nSPS) is 11.0. The minimum Gasteiger partial charge on any atom is -0.107 e. The largest absolute Gasteiger partial charge is 0.107 e. The van der Waals surface area contributed by atoms with Crippen LogP contribution in [0.4, 0.5) is 0 Å². The van der Waals surface area contributed by atoms with Crippen molar-refractivity contribution in [1.82, 2.24) is 0 Å². The van der Waals surface area contributed by atoms with Crippen molar-refractivity contribution >= 4 is 105 Å². The van der Waals surface area contributed by atoms with Crippen LogP contribution in [0.25, 0.3) is 109 Å². The molecule has 12 aromatic carbocycles. The van der Waals surface area contributed by atoms with Gasteiger partial charge in [-0.3, -0.25) is 0 Å². The summed E-state index contributed by atoms with van der Waals surface area (Å²) in [6.07, 6.45) is 0. The lowest BCUT2D eigenvalue weighted by atomic mass is 9.90. The molecule has 12 aromatic rings. The van der Waals surface area contributed by atoms with Gasteiger partial charge in [-0.15, -0.1) is 24.0 Å². The van der Waals surface area contributed by atoms with Gasteiger partial charge in [0, 0.05) is 4.47 Å². The van der Waals surface area contributed by atoms with Crippen LogP contribution in [0.3, 0.4) is 0 Å². The van der Waals surface area contributed by atoms with Gasteiger partial charge >= 0.3 is 0 Å². The number of hydrogen-bond donors (Lipinski definition) is 0. The van der Waals surface area contributed by atoms with Crippen LogP contribution >= 0.6 is 39.9 Å². The van der Waals surface area contributed by atoms with Crippen molar-refractivity contribution in [1.29, 1.82) is 0 Å². The molecule has 0 nitrogen and oxygen atoms in total. The summed E-state index contributed by atoms with van der Waals surface area (Å²) in [5.74, 6) is 0. The van der Waals surface area contributed by atoms with Crippen LogP contribution in [0.5, 0.6) is 0 Å². The molecule has 0 saturated carbocycles. The molecule has 2 heteroatoms. The fourth-order valence-electron chi connectivity index (χ4n) is 9.30. The molecule has 0 unspecified atom stereocenters. The van der Waals surface area contributed by atoms with Gasteiger partial charge < -0.3 is 0 Å². The molecule has 0 aliphatic heterocycles. The first kappa shape index (κ1) is 41.7. The second kappa shape index (κ2) is 18.0. The van der Waals surface area contributed by atoms with Gasteiger partial charge in [0.25, 0.3) is 0 Å². The van der Waals surface area contributed by atoms with Gasteiger partial charge in [-0.05, 0) is 131 Å². The zero-order chi connectivity index (χ0) is 40.7. The maximum absolute atomic E-state index is 3.85. The minimum atomic E-state index is 0. The van der Waals surface area contributed by atoms with Crippen LogP contribution in [-0.4, -0.2) is 0 Å². The van der Waals surface area contributed by atoms with Gasteiger partial charge in [0.05, 0.1) is 0 Å². The third kappa shape index (κ3) is 7.69. The molecule has 0 spiro atoms. The zero-order valence-corrected chi connectivity index (χ0v) is 37.7. The van der Waals surface area contributed by atoms with E-state index in [9.17, 15) is 0 Å². The highest BCUT2D eigenvalue weighted by atomic mass is 127. The first-order valence-electron chi connectivity index (χ1n) is 20.9. The van der Waals surface area contributed by atoms with Gasteiger partial charge in [-0.25, -0.2) is 0 Å². The van der Waals surface area contributed by atoms with E-state index in [-0.39, 0.29) is 31.4 Å². The van der Waals surface area contributed by atoms with Gasteiger partial charge in [0.15, 0.2) is 0 Å². The third-order valence-electron chi connectivity index (χ3n) is 12.2. The van der Waals surface area contributed by atoms with Crippen molar-refractivity contribution in [3.63, 3.8) is 0 Å². The number of fused-ring (bicyclic) bond motifs is 6. The van der Waals surface area contributed by atoms with E-state index >= 15 is 0 Å². The van der Waals surface area contributed by atoms with Crippen LogP contribution in [0.15, 0.2) is 241 Å². The highest BCUT2D eigenvalue weighted by Gasteiger charge is 2.15. The average molecular weight is 984 g/mol. The molecule has 0 atom stereocenters. The smallest absolute Gasteiger partial charge is 0.0332 e. The summed E-state index contributed by atoms with van der Waals surface area (Å²) in [5.41, 5.74) is 10.1. The molecule has 302 valence electrons. The topological polar surface area (TPSA) is 0 Å².